The van der Waals surface area contributed by atoms with Gasteiger partial charge in [-0.2, -0.15) is 0 Å². The SMILES string of the molecule is CC(C(=O)NC1CCCC1)N(Cc1ccccc1Cl)C(=O)CN(c1ccccc1F)S(=O)(=O)c1ccccc1. The highest BCUT2D eigenvalue weighted by Gasteiger charge is 2.34. The first kappa shape index (κ1) is 28.6. The molecule has 10 heteroatoms. The molecule has 7 nitrogen and oxygen atoms in total. The van der Waals surface area contributed by atoms with Gasteiger partial charge in [-0.05, 0) is 55.7 Å². The number of nitrogens with zero attached hydrogens (tertiary/aromatic N) is 2. The highest BCUT2D eigenvalue weighted by molar-refractivity contribution is 7.92. The fourth-order valence-electron chi connectivity index (χ4n) is 4.67. The summed E-state index contributed by atoms with van der Waals surface area (Å²) in [6.45, 7) is 0.843. The molecular formula is C29H31ClFN3O4S. The van der Waals surface area contributed by atoms with Crippen LogP contribution in [0.5, 0.6) is 0 Å². The number of benzene rings is 3. The van der Waals surface area contributed by atoms with E-state index in [1.54, 1.807) is 49.4 Å². The van der Waals surface area contributed by atoms with Crippen molar-refractivity contribution in [1.29, 1.82) is 0 Å². The Morgan fingerprint density at radius 3 is 2.26 bits per heavy atom. The molecule has 1 unspecified atom stereocenters. The molecule has 0 heterocycles. The Kier molecular flexibility index (Phi) is 9.24. The molecule has 1 atom stereocenters. The molecule has 2 amide bonds. The van der Waals surface area contributed by atoms with Crippen LogP contribution in [0.15, 0.2) is 83.8 Å². The zero-order valence-electron chi connectivity index (χ0n) is 21.6. The Bertz CT molecular complexity index is 1410. The van der Waals surface area contributed by atoms with Gasteiger partial charge in [-0.15, -0.1) is 0 Å². The molecule has 0 spiro atoms. The first-order valence-electron chi connectivity index (χ1n) is 12.8. The summed E-state index contributed by atoms with van der Waals surface area (Å²) in [5.41, 5.74) is 0.326. The van der Waals surface area contributed by atoms with E-state index in [-0.39, 0.29) is 29.1 Å². The van der Waals surface area contributed by atoms with E-state index < -0.39 is 34.3 Å². The molecule has 0 radical (unpaired) electrons. The topological polar surface area (TPSA) is 86.8 Å². The molecule has 206 valence electrons. The van der Waals surface area contributed by atoms with Gasteiger partial charge in [-0.1, -0.05) is 73.0 Å². The van der Waals surface area contributed by atoms with Crippen LogP contribution >= 0.6 is 11.6 Å². The minimum atomic E-state index is -4.33. The number of amides is 2. The number of carbonyl (C=O) groups excluding carboxylic acids is 2. The average Bonchev–Trinajstić information content (AvgIpc) is 3.45. The van der Waals surface area contributed by atoms with Gasteiger partial charge < -0.3 is 10.2 Å². The van der Waals surface area contributed by atoms with Crippen molar-refractivity contribution in [2.45, 2.75) is 56.1 Å². The average molecular weight is 572 g/mol. The molecular weight excluding hydrogens is 541 g/mol. The lowest BCUT2D eigenvalue weighted by atomic mass is 10.1. The van der Waals surface area contributed by atoms with E-state index >= 15 is 0 Å². The van der Waals surface area contributed by atoms with E-state index in [1.807, 2.05) is 0 Å². The minimum Gasteiger partial charge on any atom is -0.352 e. The number of hydrogen-bond acceptors (Lipinski definition) is 4. The maximum absolute atomic E-state index is 14.9. The molecule has 1 aliphatic rings. The molecule has 0 saturated heterocycles. The first-order valence-corrected chi connectivity index (χ1v) is 14.7. The van der Waals surface area contributed by atoms with Gasteiger partial charge in [0.25, 0.3) is 10.0 Å². The zero-order chi connectivity index (χ0) is 28.0. The molecule has 0 aliphatic heterocycles. The summed E-state index contributed by atoms with van der Waals surface area (Å²) in [4.78, 5) is 28.3. The summed E-state index contributed by atoms with van der Waals surface area (Å²) in [5.74, 6) is -1.81. The number of anilines is 1. The molecule has 0 aromatic heterocycles. The van der Waals surface area contributed by atoms with Crippen molar-refractivity contribution >= 4 is 39.1 Å². The van der Waals surface area contributed by atoms with E-state index in [0.29, 0.717) is 10.6 Å². The van der Waals surface area contributed by atoms with Gasteiger partial charge in [0.2, 0.25) is 11.8 Å². The van der Waals surface area contributed by atoms with E-state index in [4.69, 9.17) is 11.6 Å². The van der Waals surface area contributed by atoms with Crippen LogP contribution in [-0.4, -0.2) is 43.8 Å². The lowest BCUT2D eigenvalue weighted by Gasteiger charge is -2.32. The minimum absolute atomic E-state index is 0.0330. The maximum atomic E-state index is 14.9. The summed E-state index contributed by atoms with van der Waals surface area (Å²) in [6, 6.07) is 18.9. The predicted molar refractivity (Wildman–Crippen MR) is 149 cm³/mol. The van der Waals surface area contributed by atoms with Gasteiger partial charge in [0, 0.05) is 17.6 Å². The van der Waals surface area contributed by atoms with Gasteiger partial charge in [-0.25, -0.2) is 12.8 Å². The molecule has 1 saturated carbocycles. The second kappa shape index (κ2) is 12.6. The predicted octanol–water partition coefficient (Wildman–Crippen LogP) is 5.15. The van der Waals surface area contributed by atoms with Crippen molar-refractivity contribution in [2.24, 2.45) is 0 Å². The monoisotopic (exact) mass is 571 g/mol. The molecule has 1 N–H and O–H groups in total. The standard InChI is InChI=1S/C29H31ClFN3O4S/c1-21(29(36)32-23-12-6-7-13-23)33(19-22-11-5-8-16-25(22)30)28(35)20-34(27-18-10-9-17-26(27)31)39(37,38)24-14-3-2-4-15-24/h2-5,8-11,14-18,21,23H,6-7,12-13,19-20H2,1H3,(H,32,36). The fourth-order valence-corrected chi connectivity index (χ4v) is 6.31. The van der Waals surface area contributed by atoms with Crippen molar-refractivity contribution in [1.82, 2.24) is 10.2 Å². The van der Waals surface area contributed by atoms with Gasteiger partial charge in [0.1, 0.15) is 18.4 Å². The Labute approximate surface area is 233 Å². The third-order valence-corrected chi connectivity index (χ3v) is 9.04. The van der Waals surface area contributed by atoms with Crippen LogP contribution in [0, 0.1) is 5.82 Å². The highest BCUT2D eigenvalue weighted by Crippen LogP contribution is 2.27. The summed E-state index contributed by atoms with van der Waals surface area (Å²) < 4.78 is 43.0. The summed E-state index contributed by atoms with van der Waals surface area (Å²) in [7, 11) is -4.33. The van der Waals surface area contributed by atoms with Gasteiger partial charge >= 0.3 is 0 Å². The van der Waals surface area contributed by atoms with E-state index in [9.17, 15) is 22.4 Å². The van der Waals surface area contributed by atoms with Gasteiger partial charge in [-0.3, -0.25) is 13.9 Å². The molecule has 39 heavy (non-hydrogen) atoms. The van der Waals surface area contributed by atoms with Crippen LogP contribution in [-0.2, 0) is 26.2 Å². The van der Waals surface area contributed by atoms with E-state index in [0.717, 1.165) is 36.1 Å². The van der Waals surface area contributed by atoms with Gasteiger partial charge in [0.15, 0.2) is 0 Å². The molecule has 1 fully saturated rings. The maximum Gasteiger partial charge on any atom is 0.264 e. The smallest absolute Gasteiger partial charge is 0.264 e. The molecule has 1 aliphatic carbocycles. The first-order chi connectivity index (χ1) is 18.7. The van der Waals surface area contributed by atoms with Crippen LogP contribution in [0.25, 0.3) is 0 Å². The fraction of sp³-hybridized carbons (Fsp3) is 0.310. The number of halogens is 2. The quantitative estimate of drug-likeness (QED) is 0.365. The molecule has 3 aromatic carbocycles. The number of nitrogens with one attached hydrogen (secondary N) is 1. The number of para-hydroxylation sites is 1. The van der Waals surface area contributed by atoms with Crippen molar-refractivity contribution in [3.05, 3.63) is 95.3 Å². The number of hydrogen-bond donors (Lipinski definition) is 1. The van der Waals surface area contributed by atoms with Crippen LogP contribution in [0.2, 0.25) is 5.02 Å². The van der Waals surface area contributed by atoms with Crippen LogP contribution in [0.4, 0.5) is 10.1 Å². The third kappa shape index (κ3) is 6.78. The number of sulfonamides is 1. The third-order valence-electron chi connectivity index (χ3n) is 6.90. The van der Waals surface area contributed by atoms with Crippen LogP contribution < -0.4 is 9.62 Å². The summed E-state index contributed by atoms with van der Waals surface area (Å²) >= 11 is 6.38. The van der Waals surface area contributed by atoms with Crippen LogP contribution in [0.1, 0.15) is 38.2 Å². The highest BCUT2D eigenvalue weighted by atomic mass is 35.5. The van der Waals surface area contributed by atoms with E-state index in [1.165, 1.54) is 35.2 Å². The molecule has 4 rings (SSSR count). The second-order valence-corrected chi connectivity index (χ2v) is 11.8. The van der Waals surface area contributed by atoms with Crippen LogP contribution in [0.3, 0.4) is 0 Å². The van der Waals surface area contributed by atoms with E-state index in [2.05, 4.69) is 5.32 Å². The summed E-state index contributed by atoms with van der Waals surface area (Å²) in [6.07, 6.45) is 3.79. The molecule has 3 aromatic rings. The Balaban J connectivity index is 1.69. The Morgan fingerprint density at radius 2 is 1.59 bits per heavy atom. The largest absolute Gasteiger partial charge is 0.352 e. The second-order valence-electron chi connectivity index (χ2n) is 9.56. The normalized spacial score (nSPS) is 14.5. The Hall–Kier alpha value is -3.43. The zero-order valence-corrected chi connectivity index (χ0v) is 23.2. The number of carbonyl (C=O) groups is 2. The summed E-state index contributed by atoms with van der Waals surface area (Å²) in [5, 5.41) is 3.41. The van der Waals surface area contributed by atoms with Crippen molar-refractivity contribution < 1.29 is 22.4 Å². The number of rotatable bonds is 10. The lowest BCUT2D eigenvalue weighted by Crippen LogP contribution is -2.52. The Morgan fingerprint density at radius 1 is 0.974 bits per heavy atom. The van der Waals surface area contributed by atoms with Crippen molar-refractivity contribution in [2.75, 3.05) is 10.8 Å². The lowest BCUT2D eigenvalue weighted by molar-refractivity contribution is -0.139. The van der Waals surface area contributed by atoms with Crippen molar-refractivity contribution in [3.63, 3.8) is 0 Å². The van der Waals surface area contributed by atoms with Gasteiger partial charge in [0.05, 0.1) is 10.6 Å². The van der Waals surface area contributed by atoms with Crippen molar-refractivity contribution in [3.8, 4) is 0 Å². The molecule has 0 bridgehead atoms.